The Labute approximate surface area is 115 Å². The van der Waals surface area contributed by atoms with Gasteiger partial charge in [0.1, 0.15) is 6.10 Å². The van der Waals surface area contributed by atoms with Crippen molar-refractivity contribution >= 4 is 11.7 Å². The Morgan fingerprint density at radius 3 is 2.42 bits per heavy atom. The highest BCUT2D eigenvalue weighted by Crippen LogP contribution is 2.27. The highest BCUT2D eigenvalue weighted by Gasteiger charge is 2.26. The summed E-state index contributed by atoms with van der Waals surface area (Å²) in [7, 11) is 0. The van der Waals surface area contributed by atoms with Crippen molar-refractivity contribution < 1.29 is 14.3 Å². The van der Waals surface area contributed by atoms with Crippen LogP contribution in [0.2, 0.25) is 0 Å². The molecule has 108 valence electrons. The predicted molar refractivity (Wildman–Crippen MR) is 72.7 cm³/mol. The molecule has 1 N–H and O–H groups in total. The van der Waals surface area contributed by atoms with Gasteiger partial charge in [0.2, 0.25) is 5.78 Å². The first kappa shape index (κ1) is 14.5. The molecule has 1 amide bonds. The van der Waals surface area contributed by atoms with E-state index in [0.717, 1.165) is 0 Å². The zero-order chi connectivity index (χ0) is 13.7. The highest BCUT2D eigenvalue weighted by molar-refractivity contribution is 6.37. The van der Waals surface area contributed by atoms with Gasteiger partial charge in [0.25, 0.3) is 5.91 Å². The first-order chi connectivity index (χ1) is 9.16. The van der Waals surface area contributed by atoms with Gasteiger partial charge in [-0.05, 0) is 44.4 Å². The Bertz CT molecular complexity index is 319. The van der Waals surface area contributed by atoms with Gasteiger partial charge in [-0.3, -0.25) is 9.59 Å². The van der Waals surface area contributed by atoms with Crippen LogP contribution >= 0.6 is 0 Å². The Kier molecular flexibility index (Phi) is 5.37. The summed E-state index contributed by atoms with van der Waals surface area (Å²) in [5.41, 5.74) is 0. The summed E-state index contributed by atoms with van der Waals surface area (Å²) in [6, 6.07) is 0. The minimum absolute atomic E-state index is 0.434. The van der Waals surface area contributed by atoms with Crippen molar-refractivity contribution in [3.8, 4) is 0 Å². The molecule has 1 unspecified atom stereocenters. The third-order valence-electron chi connectivity index (χ3n) is 4.15. The van der Waals surface area contributed by atoms with E-state index in [4.69, 9.17) is 4.74 Å². The molecule has 2 fully saturated rings. The van der Waals surface area contributed by atoms with Crippen LogP contribution in [0.3, 0.4) is 0 Å². The van der Waals surface area contributed by atoms with Crippen molar-refractivity contribution in [3.05, 3.63) is 0 Å². The van der Waals surface area contributed by atoms with Crippen LogP contribution in [0.4, 0.5) is 0 Å². The van der Waals surface area contributed by atoms with Gasteiger partial charge >= 0.3 is 0 Å². The fraction of sp³-hybridized carbons (Fsp3) is 0.867. The first-order valence-corrected chi connectivity index (χ1v) is 7.60. The van der Waals surface area contributed by atoms with Gasteiger partial charge in [0.15, 0.2) is 0 Å². The van der Waals surface area contributed by atoms with Crippen LogP contribution in [0.1, 0.15) is 51.9 Å². The van der Waals surface area contributed by atoms with Crippen LogP contribution in [-0.4, -0.2) is 30.9 Å². The van der Waals surface area contributed by atoms with E-state index < -0.39 is 17.8 Å². The van der Waals surface area contributed by atoms with E-state index in [-0.39, 0.29) is 0 Å². The summed E-state index contributed by atoms with van der Waals surface area (Å²) >= 11 is 0. The first-order valence-electron chi connectivity index (χ1n) is 7.60. The van der Waals surface area contributed by atoms with Crippen LogP contribution in [0.5, 0.6) is 0 Å². The molecule has 0 aromatic carbocycles. The fourth-order valence-electron chi connectivity index (χ4n) is 2.54. The monoisotopic (exact) mass is 267 g/mol. The molecule has 1 atom stereocenters. The van der Waals surface area contributed by atoms with Crippen molar-refractivity contribution in [3.63, 3.8) is 0 Å². The van der Waals surface area contributed by atoms with Gasteiger partial charge in [0.05, 0.1) is 6.61 Å². The maximum atomic E-state index is 11.8. The quantitative estimate of drug-likeness (QED) is 0.718. The Morgan fingerprint density at radius 2 is 1.79 bits per heavy atom. The predicted octanol–water partition coefficient (Wildman–Crippen LogP) is 2.07. The van der Waals surface area contributed by atoms with Crippen molar-refractivity contribution in [2.45, 2.75) is 58.0 Å². The van der Waals surface area contributed by atoms with Crippen LogP contribution in [0, 0.1) is 11.8 Å². The summed E-state index contributed by atoms with van der Waals surface area (Å²) in [6.45, 7) is 2.94. The molecule has 4 nitrogen and oxygen atoms in total. The number of carbonyl (C=O) groups is 2. The molecule has 4 heteroatoms. The summed E-state index contributed by atoms with van der Waals surface area (Å²) in [4.78, 5) is 23.4. The molecule has 0 heterocycles. The third kappa shape index (κ3) is 4.94. The van der Waals surface area contributed by atoms with Crippen LogP contribution in [0.25, 0.3) is 0 Å². The third-order valence-corrected chi connectivity index (χ3v) is 4.15. The van der Waals surface area contributed by atoms with Crippen molar-refractivity contribution in [2.24, 2.45) is 11.8 Å². The Morgan fingerprint density at radius 1 is 1.11 bits per heavy atom. The SMILES string of the molecule is CC(OCC1CCCCC1)C(=O)C(=O)NCC1CC1. The molecule has 0 saturated heterocycles. The molecular weight excluding hydrogens is 242 g/mol. The highest BCUT2D eigenvalue weighted by atomic mass is 16.5. The van der Waals surface area contributed by atoms with Gasteiger partial charge in [-0.15, -0.1) is 0 Å². The number of carbonyl (C=O) groups excluding carboxylic acids is 2. The molecule has 2 saturated carbocycles. The lowest BCUT2D eigenvalue weighted by Gasteiger charge is -2.22. The minimum atomic E-state index is -0.610. The Balaban J connectivity index is 1.63. The lowest BCUT2D eigenvalue weighted by Crippen LogP contribution is -2.39. The van der Waals surface area contributed by atoms with E-state index >= 15 is 0 Å². The zero-order valence-corrected chi connectivity index (χ0v) is 11.8. The fourth-order valence-corrected chi connectivity index (χ4v) is 2.54. The molecule has 0 bridgehead atoms. The van der Waals surface area contributed by atoms with E-state index in [0.29, 0.717) is 25.0 Å². The number of hydrogen-bond acceptors (Lipinski definition) is 3. The normalized spacial score (nSPS) is 21.9. The molecule has 0 aliphatic heterocycles. The molecule has 0 spiro atoms. The van der Waals surface area contributed by atoms with Gasteiger partial charge in [-0.1, -0.05) is 19.3 Å². The van der Waals surface area contributed by atoms with E-state index in [9.17, 15) is 9.59 Å². The zero-order valence-electron chi connectivity index (χ0n) is 11.8. The molecule has 0 aromatic heterocycles. The smallest absolute Gasteiger partial charge is 0.290 e. The minimum Gasteiger partial charge on any atom is -0.370 e. The van der Waals surface area contributed by atoms with Crippen LogP contribution in [-0.2, 0) is 14.3 Å². The topological polar surface area (TPSA) is 55.4 Å². The maximum Gasteiger partial charge on any atom is 0.290 e. The van der Waals surface area contributed by atoms with Gasteiger partial charge in [-0.2, -0.15) is 0 Å². The van der Waals surface area contributed by atoms with Crippen LogP contribution < -0.4 is 5.32 Å². The Hall–Kier alpha value is -0.900. The average molecular weight is 267 g/mol. The lowest BCUT2D eigenvalue weighted by atomic mass is 9.90. The second-order valence-electron chi connectivity index (χ2n) is 6.00. The standard InChI is InChI=1S/C15H25NO3/c1-11(19-10-13-5-3-2-4-6-13)14(17)15(18)16-9-12-7-8-12/h11-13H,2-10H2,1H3,(H,16,18). The number of ketones is 1. The molecular formula is C15H25NO3. The van der Waals surface area contributed by atoms with E-state index in [1.165, 1.54) is 44.9 Å². The van der Waals surface area contributed by atoms with E-state index in [1.807, 2.05) is 0 Å². The van der Waals surface area contributed by atoms with E-state index in [1.54, 1.807) is 6.92 Å². The second kappa shape index (κ2) is 7.04. The van der Waals surface area contributed by atoms with Gasteiger partial charge in [-0.25, -0.2) is 0 Å². The average Bonchev–Trinajstić information content (AvgIpc) is 3.26. The molecule has 0 radical (unpaired) electrons. The van der Waals surface area contributed by atoms with Crippen molar-refractivity contribution in [2.75, 3.05) is 13.2 Å². The van der Waals surface area contributed by atoms with Crippen molar-refractivity contribution in [1.29, 1.82) is 0 Å². The number of rotatable bonds is 7. The summed E-state index contributed by atoms with van der Waals surface area (Å²) in [6.07, 6.45) is 7.94. The van der Waals surface area contributed by atoms with Gasteiger partial charge < -0.3 is 10.1 Å². The van der Waals surface area contributed by atoms with Gasteiger partial charge in [0, 0.05) is 6.54 Å². The summed E-state index contributed by atoms with van der Waals surface area (Å²) < 4.78 is 5.58. The number of hydrogen-bond donors (Lipinski definition) is 1. The molecule has 0 aromatic rings. The number of Topliss-reactive ketones (excluding diaryl/α,β-unsaturated/α-hetero) is 1. The number of nitrogens with one attached hydrogen (secondary N) is 1. The molecule has 2 rings (SSSR count). The number of ether oxygens (including phenoxy) is 1. The summed E-state index contributed by atoms with van der Waals surface area (Å²) in [5, 5.41) is 2.69. The number of amides is 1. The van der Waals surface area contributed by atoms with E-state index in [2.05, 4.69) is 5.32 Å². The molecule has 2 aliphatic rings. The second-order valence-corrected chi connectivity index (χ2v) is 6.00. The van der Waals surface area contributed by atoms with Crippen LogP contribution in [0.15, 0.2) is 0 Å². The molecule has 19 heavy (non-hydrogen) atoms. The summed E-state index contributed by atoms with van der Waals surface area (Å²) in [5.74, 6) is 0.244. The largest absolute Gasteiger partial charge is 0.370 e. The lowest BCUT2D eigenvalue weighted by molar-refractivity contribution is -0.144. The van der Waals surface area contributed by atoms with Crippen molar-refractivity contribution in [1.82, 2.24) is 5.32 Å². The maximum absolute atomic E-state index is 11.8. The molecule has 2 aliphatic carbocycles.